The number of carbonyl (C=O) groups excluding carboxylic acids is 3. The summed E-state index contributed by atoms with van der Waals surface area (Å²) in [6.45, 7) is 0.0561. The summed E-state index contributed by atoms with van der Waals surface area (Å²) < 4.78 is 63.0. The van der Waals surface area contributed by atoms with Crippen LogP contribution in [0.3, 0.4) is 0 Å². The molecule has 0 radical (unpaired) electrons. The first-order valence-corrected chi connectivity index (χ1v) is 11.9. The van der Waals surface area contributed by atoms with Crippen LogP contribution in [0.2, 0.25) is 0 Å². The summed E-state index contributed by atoms with van der Waals surface area (Å²) >= 11 is 0. The van der Waals surface area contributed by atoms with Crippen LogP contribution in [0.25, 0.3) is 0 Å². The van der Waals surface area contributed by atoms with Crippen molar-refractivity contribution in [2.45, 2.75) is 31.3 Å². The molecule has 0 spiro atoms. The van der Waals surface area contributed by atoms with Gasteiger partial charge in [-0.2, -0.15) is 13.2 Å². The molecule has 37 heavy (non-hydrogen) atoms. The smallest absolute Gasteiger partial charge is 0.475 e. The number of esters is 2. The highest BCUT2D eigenvalue weighted by Gasteiger charge is 2.38. The van der Waals surface area contributed by atoms with Crippen molar-refractivity contribution in [1.29, 1.82) is 0 Å². The zero-order valence-corrected chi connectivity index (χ0v) is 21.0. The molecule has 2 atom stereocenters. The van der Waals surface area contributed by atoms with Gasteiger partial charge in [0.05, 0.1) is 25.7 Å². The molecule has 1 rings (SSSR count). The Hall–Kier alpha value is -3.26. The van der Waals surface area contributed by atoms with E-state index in [0.29, 0.717) is 0 Å². The molecular weight excluding hydrogens is 528 g/mol. The number of hydrogen-bond donors (Lipinski definition) is 3. The topological polar surface area (TPSA) is 181 Å². The number of carboxylic acid groups (broad SMARTS) is 1. The van der Waals surface area contributed by atoms with Crippen molar-refractivity contribution in [2.24, 2.45) is 5.73 Å². The van der Waals surface area contributed by atoms with Gasteiger partial charge in [0.2, 0.25) is 5.91 Å². The second-order valence-corrected chi connectivity index (χ2v) is 9.17. The van der Waals surface area contributed by atoms with Gasteiger partial charge in [-0.1, -0.05) is 42.5 Å². The molecule has 1 amide bonds. The van der Waals surface area contributed by atoms with Gasteiger partial charge in [0.25, 0.3) is 0 Å². The van der Waals surface area contributed by atoms with Crippen LogP contribution >= 0.6 is 7.60 Å². The second-order valence-electron chi connectivity index (χ2n) is 6.86. The van der Waals surface area contributed by atoms with Gasteiger partial charge in [0, 0.05) is 14.2 Å². The van der Waals surface area contributed by atoms with E-state index < -0.39 is 49.7 Å². The standard InChI is InChI=1S/C19H27N2O8P.C2HF3O2/c1-26-19(24)16(10-7-11-30(25,27-2)28-3)21-18(23)15(20)12-17(22)29-13-14-8-5-4-6-9-14;3-2(4,5)1(6)7/h4-10,15-16H,11-13,20H2,1-3H3,(H,21,23);(H,6,7)/b10-7-;/t15-,16-;/m0./s1. The molecule has 1 aromatic rings. The van der Waals surface area contributed by atoms with Crippen LogP contribution in [0.5, 0.6) is 0 Å². The van der Waals surface area contributed by atoms with Crippen molar-refractivity contribution in [3.63, 3.8) is 0 Å². The second kappa shape index (κ2) is 16.5. The number of nitrogens with one attached hydrogen (secondary N) is 1. The Labute approximate surface area is 210 Å². The summed E-state index contributed by atoms with van der Waals surface area (Å²) in [5.74, 6) is -4.95. The first-order chi connectivity index (χ1) is 17.2. The van der Waals surface area contributed by atoms with Crippen molar-refractivity contribution in [2.75, 3.05) is 27.5 Å². The van der Waals surface area contributed by atoms with Crippen LogP contribution < -0.4 is 11.1 Å². The molecule has 1 aromatic carbocycles. The number of amides is 1. The van der Waals surface area contributed by atoms with Crippen molar-refractivity contribution in [3.8, 4) is 0 Å². The summed E-state index contributed by atoms with van der Waals surface area (Å²) in [5.41, 5.74) is 6.54. The van der Waals surface area contributed by atoms with Gasteiger partial charge in [-0.15, -0.1) is 0 Å². The largest absolute Gasteiger partial charge is 0.490 e. The quantitative estimate of drug-likeness (QED) is 0.194. The third kappa shape index (κ3) is 14.2. The summed E-state index contributed by atoms with van der Waals surface area (Å²) in [5, 5.41) is 9.49. The number of benzene rings is 1. The summed E-state index contributed by atoms with van der Waals surface area (Å²) in [7, 11) is 0.285. The number of ether oxygens (including phenoxy) is 2. The minimum atomic E-state index is -5.08. The van der Waals surface area contributed by atoms with Crippen LogP contribution in [-0.4, -0.2) is 74.7 Å². The van der Waals surface area contributed by atoms with Crippen LogP contribution in [0.15, 0.2) is 42.5 Å². The molecule has 4 N–H and O–H groups in total. The van der Waals surface area contributed by atoms with Crippen molar-refractivity contribution >= 4 is 31.4 Å². The third-order valence-corrected chi connectivity index (χ3v) is 5.95. The number of carbonyl (C=O) groups is 4. The molecule has 0 aliphatic carbocycles. The lowest BCUT2D eigenvalue weighted by Gasteiger charge is -2.17. The zero-order valence-electron chi connectivity index (χ0n) is 20.1. The Bertz CT molecular complexity index is 965. The van der Waals surface area contributed by atoms with Gasteiger partial charge < -0.3 is 34.7 Å². The SMILES string of the molecule is COC(=O)[C@H](/C=C\CP(=O)(OC)OC)NC(=O)[C@@H](N)CC(=O)OCc1ccccc1.O=C(O)C(F)(F)F. The van der Waals surface area contributed by atoms with Gasteiger partial charge in [-0.25, -0.2) is 9.59 Å². The fraction of sp³-hybridized carbons (Fsp3) is 0.429. The number of halogens is 3. The number of allylic oxidation sites excluding steroid dienone is 1. The summed E-state index contributed by atoms with van der Waals surface area (Å²) in [4.78, 5) is 45.0. The first-order valence-electron chi connectivity index (χ1n) is 10.2. The highest BCUT2D eigenvalue weighted by atomic mass is 31.2. The normalized spacial score (nSPS) is 13.1. The molecule has 208 valence electrons. The number of rotatable bonds is 12. The minimum Gasteiger partial charge on any atom is -0.475 e. The number of methoxy groups -OCH3 is 1. The average molecular weight is 556 g/mol. The molecule has 0 heterocycles. The molecule has 0 bridgehead atoms. The Balaban J connectivity index is 0.00000161. The van der Waals surface area contributed by atoms with E-state index in [1.54, 1.807) is 24.3 Å². The van der Waals surface area contributed by atoms with Gasteiger partial charge in [-0.05, 0) is 5.56 Å². The third-order valence-electron chi connectivity index (χ3n) is 4.18. The molecule has 0 fully saturated rings. The Morgan fingerprint density at radius 2 is 1.65 bits per heavy atom. The van der Waals surface area contributed by atoms with Crippen molar-refractivity contribution < 1.29 is 60.5 Å². The maximum Gasteiger partial charge on any atom is 0.490 e. The van der Waals surface area contributed by atoms with Crippen molar-refractivity contribution in [1.82, 2.24) is 5.32 Å². The molecule has 0 aliphatic heterocycles. The lowest BCUT2D eigenvalue weighted by Crippen LogP contribution is -2.48. The van der Waals surface area contributed by atoms with E-state index in [0.717, 1.165) is 12.7 Å². The molecule has 0 aliphatic rings. The molecule has 0 aromatic heterocycles. The molecule has 0 saturated carbocycles. The number of carboxylic acids is 1. The number of hydrogen-bond acceptors (Lipinski definition) is 10. The lowest BCUT2D eigenvalue weighted by atomic mass is 10.2. The maximum absolute atomic E-state index is 12.3. The van der Waals surface area contributed by atoms with Gasteiger partial charge in [0.15, 0.2) is 0 Å². The van der Waals surface area contributed by atoms with Gasteiger partial charge in [0.1, 0.15) is 12.6 Å². The fourth-order valence-corrected chi connectivity index (χ4v) is 3.02. The maximum atomic E-state index is 12.3. The van der Waals surface area contributed by atoms with Crippen LogP contribution in [0.4, 0.5) is 13.2 Å². The average Bonchev–Trinajstić information content (AvgIpc) is 2.86. The fourth-order valence-electron chi connectivity index (χ4n) is 2.19. The lowest BCUT2D eigenvalue weighted by molar-refractivity contribution is -0.192. The van der Waals surface area contributed by atoms with Gasteiger partial charge in [-0.3, -0.25) is 14.2 Å². The van der Waals surface area contributed by atoms with Crippen molar-refractivity contribution in [3.05, 3.63) is 48.0 Å². The number of nitrogens with two attached hydrogens (primary N) is 1. The minimum absolute atomic E-state index is 0.0561. The predicted octanol–water partition coefficient (Wildman–Crippen LogP) is 1.78. The highest BCUT2D eigenvalue weighted by Crippen LogP contribution is 2.46. The zero-order chi connectivity index (χ0) is 28.6. The van der Waals surface area contributed by atoms with Crippen LogP contribution in [0, 0.1) is 0 Å². The summed E-state index contributed by atoms with van der Waals surface area (Å²) in [6.07, 6.45) is -2.95. The first kappa shape index (κ1) is 33.7. The predicted molar refractivity (Wildman–Crippen MR) is 122 cm³/mol. The van der Waals surface area contributed by atoms with E-state index in [-0.39, 0.29) is 19.2 Å². The molecular formula is C21H28F3N2O10P. The van der Waals surface area contributed by atoms with E-state index in [9.17, 15) is 32.1 Å². The molecule has 0 unspecified atom stereocenters. The Morgan fingerprint density at radius 1 is 1.11 bits per heavy atom. The Morgan fingerprint density at radius 3 is 2.11 bits per heavy atom. The van der Waals surface area contributed by atoms with Crippen LogP contribution in [-0.2, 0) is 48.9 Å². The molecule has 0 saturated heterocycles. The number of alkyl halides is 3. The molecule has 12 nitrogen and oxygen atoms in total. The van der Waals surface area contributed by atoms with Gasteiger partial charge >= 0.3 is 31.7 Å². The van der Waals surface area contributed by atoms with E-state index in [4.69, 9.17) is 29.4 Å². The number of aliphatic carboxylic acids is 1. The monoisotopic (exact) mass is 556 g/mol. The summed E-state index contributed by atoms with van der Waals surface area (Å²) in [6, 6.07) is 6.59. The van der Waals surface area contributed by atoms with E-state index in [1.807, 2.05) is 6.07 Å². The molecule has 16 heteroatoms. The van der Waals surface area contributed by atoms with Crippen LogP contribution in [0.1, 0.15) is 12.0 Å². The van der Waals surface area contributed by atoms with E-state index in [2.05, 4.69) is 10.1 Å². The van der Waals surface area contributed by atoms with E-state index in [1.165, 1.54) is 26.4 Å². The highest BCUT2D eigenvalue weighted by molar-refractivity contribution is 7.54. The van der Waals surface area contributed by atoms with E-state index >= 15 is 0 Å². The Kier molecular flexibility index (Phi) is 15.0.